The van der Waals surface area contributed by atoms with Gasteiger partial charge in [0.05, 0.1) is 12.5 Å². The minimum Gasteiger partial charge on any atom is -0.508 e. The minimum atomic E-state index is -0.949. The second-order valence-electron chi connectivity index (χ2n) is 4.47. The number of hydrogen-bond acceptors (Lipinski definition) is 5. The third-order valence-corrected chi connectivity index (χ3v) is 2.77. The fraction of sp³-hybridized carbons (Fsp3) is 0.417. The van der Waals surface area contributed by atoms with Gasteiger partial charge in [-0.1, -0.05) is 0 Å². The van der Waals surface area contributed by atoms with Crippen molar-refractivity contribution in [3.05, 3.63) is 23.8 Å². The summed E-state index contributed by atoms with van der Waals surface area (Å²) in [7, 11) is 1.29. The minimum absolute atomic E-state index is 0.101. The van der Waals surface area contributed by atoms with Crippen LogP contribution in [0.1, 0.15) is 25.5 Å². The van der Waals surface area contributed by atoms with E-state index in [0.717, 1.165) is 0 Å². The van der Waals surface area contributed by atoms with Crippen molar-refractivity contribution in [1.82, 2.24) is 0 Å². The van der Waals surface area contributed by atoms with Gasteiger partial charge >= 0.3 is 5.97 Å². The Morgan fingerprint density at radius 1 is 1.29 bits per heavy atom. The molecule has 1 aromatic rings. The number of hydrogen-bond donors (Lipinski definition) is 3. The first-order valence-corrected chi connectivity index (χ1v) is 5.16. The van der Waals surface area contributed by atoms with Crippen molar-refractivity contribution in [3.63, 3.8) is 0 Å². The largest absolute Gasteiger partial charge is 0.508 e. The van der Waals surface area contributed by atoms with Crippen LogP contribution in [0.3, 0.4) is 0 Å². The normalized spacial score (nSPS) is 13.2. The van der Waals surface area contributed by atoms with Gasteiger partial charge in [0, 0.05) is 12.1 Å². The highest BCUT2D eigenvalue weighted by Crippen LogP contribution is 2.35. The van der Waals surface area contributed by atoms with Crippen molar-refractivity contribution in [1.29, 1.82) is 0 Å². The highest BCUT2D eigenvalue weighted by Gasteiger charge is 2.36. The topological polar surface area (TPSA) is 92.8 Å². The number of aromatic hydroxyl groups is 2. The summed E-state index contributed by atoms with van der Waals surface area (Å²) in [5, 5.41) is 18.7. The summed E-state index contributed by atoms with van der Waals surface area (Å²) >= 11 is 0. The van der Waals surface area contributed by atoms with Gasteiger partial charge in [-0.05, 0) is 31.5 Å². The Hall–Kier alpha value is -1.75. The molecule has 4 N–H and O–H groups in total. The first-order valence-electron chi connectivity index (χ1n) is 5.16. The van der Waals surface area contributed by atoms with Crippen molar-refractivity contribution >= 4 is 5.97 Å². The molecule has 0 saturated carbocycles. The van der Waals surface area contributed by atoms with Crippen LogP contribution in [0.5, 0.6) is 11.5 Å². The number of carbonyl (C=O) groups is 1. The van der Waals surface area contributed by atoms with Crippen LogP contribution in [-0.2, 0) is 9.53 Å². The maximum atomic E-state index is 11.6. The summed E-state index contributed by atoms with van der Waals surface area (Å²) in [6.07, 6.45) is 0. The molecule has 0 radical (unpaired) electrons. The molecule has 0 aromatic heterocycles. The van der Waals surface area contributed by atoms with Crippen molar-refractivity contribution < 1.29 is 19.7 Å². The number of carbonyl (C=O) groups excluding carboxylic acids is 1. The number of phenolic OH excluding ortho intramolecular Hbond substituents is 2. The van der Waals surface area contributed by atoms with Crippen LogP contribution in [0.25, 0.3) is 0 Å². The van der Waals surface area contributed by atoms with Crippen LogP contribution in [0.2, 0.25) is 0 Å². The van der Waals surface area contributed by atoms with Crippen LogP contribution in [0, 0.1) is 5.41 Å². The van der Waals surface area contributed by atoms with E-state index in [-0.39, 0.29) is 11.5 Å². The highest BCUT2D eigenvalue weighted by molar-refractivity contribution is 5.77. The van der Waals surface area contributed by atoms with Gasteiger partial charge in [-0.2, -0.15) is 0 Å². The van der Waals surface area contributed by atoms with Crippen LogP contribution in [-0.4, -0.2) is 23.3 Å². The molecular weight excluding hydrogens is 222 g/mol. The molecule has 0 heterocycles. The Morgan fingerprint density at radius 2 is 1.76 bits per heavy atom. The molecule has 0 bridgehead atoms. The number of benzene rings is 1. The molecule has 0 unspecified atom stereocenters. The number of ether oxygens (including phenoxy) is 1. The van der Waals surface area contributed by atoms with E-state index in [0.29, 0.717) is 5.56 Å². The van der Waals surface area contributed by atoms with E-state index in [2.05, 4.69) is 4.74 Å². The quantitative estimate of drug-likeness (QED) is 0.691. The SMILES string of the molecule is COC(=O)C(C)(C)[C@H](N)c1cc(O)cc(O)c1. The van der Waals surface area contributed by atoms with Crippen LogP contribution >= 0.6 is 0 Å². The first-order chi connectivity index (χ1) is 7.78. The van der Waals surface area contributed by atoms with Crippen LogP contribution in [0.4, 0.5) is 0 Å². The zero-order valence-corrected chi connectivity index (χ0v) is 10.1. The van der Waals surface area contributed by atoms with Crippen LogP contribution < -0.4 is 5.73 Å². The lowest BCUT2D eigenvalue weighted by Gasteiger charge is -2.29. The summed E-state index contributed by atoms with van der Waals surface area (Å²) in [5.41, 5.74) is 5.48. The maximum absolute atomic E-state index is 11.6. The molecule has 1 atom stereocenters. The maximum Gasteiger partial charge on any atom is 0.313 e. The lowest BCUT2D eigenvalue weighted by Crippen LogP contribution is -2.37. The number of nitrogens with two attached hydrogens (primary N) is 1. The molecule has 1 rings (SSSR count). The lowest BCUT2D eigenvalue weighted by atomic mass is 9.81. The molecule has 1 aromatic carbocycles. The molecular formula is C12H17NO4. The van der Waals surface area contributed by atoms with Crippen molar-refractivity contribution in [2.45, 2.75) is 19.9 Å². The molecule has 5 nitrogen and oxygen atoms in total. The summed E-state index contributed by atoms with van der Waals surface area (Å²) in [5.74, 6) is -0.653. The van der Waals surface area contributed by atoms with E-state index in [4.69, 9.17) is 5.73 Å². The van der Waals surface area contributed by atoms with Gasteiger partial charge in [0.1, 0.15) is 11.5 Å². The molecule has 0 fully saturated rings. The van der Waals surface area contributed by atoms with E-state index >= 15 is 0 Å². The summed E-state index contributed by atoms with van der Waals surface area (Å²) in [6.45, 7) is 3.29. The predicted octanol–water partition coefficient (Wildman–Crippen LogP) is 1.30. The molecule has 0 aliphatic heterocycles. The Morgan fingerprint density at radius 3 is 2.18 bits per heavy atom. The monoisotopic (exact) mass is 239 g/mol. The third-order valence-electron chi connectivity index (χ3n) is 2.77. The summed E-state index contributed by atoms with van der Waals surface area (Å²) in [6, 6.07) is 3.33. The average molecular weight is 239 g/mol. The standard InChI is InChI=1S/C12H17NO4/c1-12(2,11(16)17-3)10(13)7-4-8(14)6-9(15)5-7/h4-6,10,14-15H,13H2,1-3H3/t10-/m1/s1. The summed E-state index contributed by atoms with van der Waals surface area (Å²) in [4.78, 5) is 11.6. The smallest absolute Gasteiger partial charge is 0.313 e. The van der Waals surface area contributed by atoms with Gasteiger partial charge in [-0.3, -0.25) is 4.79 Å². The van der Waals surface area contributed by atoms with Gasteiger partial charge in [0.15, 0.2) is 0 Å². The van der Waals surface area contributed by atoms with Crippen molar-refractivity contribution in [3.8, 4) is 11.5 Å². The fourth-order valence-electron chi connectivity index (χ4n) is 1.60. The molecule has 0 saturated heterocycles. The Bertz CT molecular complexity index is 408. The predicted molar refractivity (Wildman–Crippen MR) is 62.5 cm³/mol. The number of phenols is 2. The molecule has 17 heavy (non-hydrogen) atoms. The van der Waals surface area contributed by atoms with E-state index in [1.807, 2.05) is 0 Å². The van der Waals surface area contributed by atoms with E-state index in [1.165, 1.54) is 25.3 Å². The average Bonchev–Trinajstić information content (AvgIpc) is 2.25. The van der Waals surface area contributed by atoms with E-state index < -0.39 is 17.4 Å². The number of esters is 1. The molecule has 0 amide bonds. The van der Waals surface area contributed by atoms with Gasteiger partial charge in [-0.25, -0.2) is 0 Å². The molecule has 0 spiro atoms. The zero-order chi connectivity index (χ0) is 13.2. The van der Waals surface area contributed by atoms with E-state index in [1.54, 1.807) is 13.8 Å². The molecule has 0 aliphatic rings. The second-order valence-corrected chi connectivity index (χ2v) is 4.47. The molecule has 94 valence electrons. The summed E-state index contributed by atoms with van der Waals surface area (Å²) < 4.78 is 4.67. The van der Waals surface area contributed by atoms with Gasteiger partial charge in [-0.15, -0.1) is 0 Å². The number of rotatable bonds is 3. The van der Waals surface area contributed by atoms with Crippen molar-refractivity contribution in [2.24, 2.45) is 11.1 Å². The Balaban J connectivity index is 3.11. The van der Waals surface area contributed by atoms with Crippen molar-refractivity contribution in [2.75, 3.05) is 7.11 Å². The Labute approximate surface area is 99.8 Å². The van der Waals surface area contributed by atoms with Gasteiger partial charge < -0.3 is 20.7 Å². The lowest BCUT2D eigenvalue weighted by molar-refractivity contribution is -0.152. The first kappa shape index (κ1) is 13.3. The molecule has 5 heteroatoms. The molecule has 0 aliphatic carbocycles. The van der Waals surface area contributed by atoms with Gasteiger partial charge in [0.2, 0.25) is 0 Å². The second kappa shape index (κ2) is 4.63. The van der Waals surface area contributed by atoms with Crippen LogP contribution in [0.15, 0.2) is 18.2 Å². The highest BCUT2D eigenvalue weighted by atomic mass is 16.5. The fourth-order valence-corrected chi connectivity index (χ4v) is 1.60. The number of methoxy groups -OCH3 is 1. The van der Waals surface area contributed by atoms with Gasteiger partial charge in [0.25, 0.3) is 0 Å². The van der Waals surface area contributed by atoms with E-state index in [9.17, 15) is 15.0 Å². The third kappa shape index (κ3) is 2.68. The Kier molecular flexibility index (Phi) is 3.63. The zero-order valence-electron chi connectivity index (χ0n) is 10.1.